The summed E-state index contributed by atoms with van der Waals surface area (Å²) in [6, 6.07) is 0. The molecule has 0 atom stereocenters. The maximum atomic E-state index is 5.14. The summed E-state index contributed by atoms with van der Waals surface area (Å²) < 4.78 is 34.2. The Balaban J connectivity index is -0.000000315. The van der Waals surface area contributed by atoms with Gasteiger partial charge < -0.3 is 33.2 Å². The van der Waals surface area contributed by atoms with Crippen LogP contribution in [0.2, 0.25) is 0 Å². The molecular formula is C19H38O7. The predicted molar refractivity (Wildman–Crippen MR) is 104 cm³/mol. The summed E-state index contributed by atoms with van der Waals surface area (Å²) in [6.45, 7) is 20.5. The van der Waals surface area contributed by atoms with Crippen LogP contribution in [0.5, 0.6) is 0 Å². The van der Waals surface area contributed by atoms with Gasteiger partial charge in [0.1, 0.15) is 19.8 Å². The normalized spacial score (nSPS) is 8.88. The predicted octanol–water partition coefficient (Wildman–Crippen LogP) is 3.18. The standard InChI is InChI=1S/C8H16O3.C6H12O2.C5H10O2/c1-3-9-5-7-11-8-6-10-4-2;1-3-7-5-6-8-4-2;1-3-7-5-4-6-2/h3H,1,4-8H2,2H3;3H,1,4-6H2,2H3;3H,1,4-5H2,2H3. The lowest BCUT2D eigenvalue weighted by Crippen LogP contribution is -2.07. The highest BCUT2D eigenvalue weighted by Crippen LogP contribution is 1.80. The van der Waals surface area contributed by atoms with Crippen LogP contribution in [0.25, 0.3) is 0 Å². The van der Waals surface area contributed by atoms with Crippen LogP contribution in [0, 0.1) is 0 Å². The van der Waals surface area contributed by atoms with Crippen molar-refractivity contribution in [3.05, 3.63) is 38.5 Å². The van der Waals surface area contributed by atoms with Crippen LogP contribution in [0.4, 0.5) is 0 Å². The van der Waals surface area contributed by atoms with Gasteiger partial charge in [-0.3, -0.25) is 0 Å². The van der Waals surface area contributed by atoms with E-state index in [-0.39, 0.29) is 0 Å². The third-order valence-corrected chi connectivity index (χ3v) is 2.23. The van der Waals surface area contributed by atoms with E-state index in [0.29, 0.717) is 52.9 Å². The van der Waals surface area contributed by atoms with E-state index >= 15 is 0 Å². The van der Waals surface area contributed by atoms with Gasteiger partial charge in [0.2, 0.25) is 0 Å². The molecule has 0 heterocycles. The third-order valence-electron chi connectivity index (χ3n) is 2.23. The van der Waals surface area contributed by atoms with Gasteiger partial charge in [0.05, 0.1) is 51.8 Å². The first-order chi connectivity index (χ1) is 12.7. The zero-order valence-electron chi connectivity index (χ0n) is 16.8. The molecule has 0 saturated carbocycles. The number of hydrogen-bond donors (Lipinski definition) is 0. The highest BCUT2D eigenvalue weighted by molar-refractivity contribution is 4.48. The van der Waals surface area contributed by atoms with Gasteiger partial charge in [0.15, 0.2) is 0 Å². The van der Waals surface area contributed by atoms with Crippen molar-refractivity contribution < 1.29 is 33.2 Å². The smallest absolute Gasteiger partial charge is 0.111 e. The van der Waals surface area contributed by atoms with Crippen molar-refractivity contribution in [2.45, 2.75) is 13.8 Å². The number of hydrogen-bond acceptors (Lipinski definition) is 7. The Morgan fingerprint density at radius 3 is 1.27 bits per heavy atom. The van der Waals surface area contributed by atoms with E-state index in [9.17, 15) is 0 Å². The Morgan fingerprint density at radius 1 is 0.538 bits per heavy atom. The molecule has 0 fully saturated rings. The molecule has 156 valence electrons. The van der Waals surface area contributed by atoms with Crippen LogP contribution in [0.3, 0.4) is 0 Å². The summed E-state index contributed by atoms with van der Waals surface area (Å²) in [5, 5.41) is 0. The Kier molecular flexibility index (Phi) is 39.0. The molecule has 0 radical (unpaired) electrons. The lowest BCUT2D eigenvalue weighted by molar-refractivity contribution is 0.0343. The first-order valence-electron chi connectivity index (χ1n) is 8.64. The van der Waals surface area contributed by atoms with Crippen LogP contribution in [-0.2, 0) is 33.2 Å². The van der Waals surface area contributed by atoms with Crippen molar-refractivity contribution >= 4 is 0 Å². The lowest BCUT2D eigenvalue weighted by Gasteiger charge is -2.03. The summed E-state index contributed by atoms with van der Waals surface area (Å²) in [5.41, 5.74) is 0. The van der Waals surface area contributed by atoms with E-state index < -0.39 is 0 Å². The molecule has 0 aromatic rings. The van der Waals surface area contributed by atoms with Crippen LogP contribution in [0.1, 0.15) is 13.8 Å². The van der Waals surface area contributed by atoms with Gasteiger partial charge in [0.25, 0.3) is 0 Å². The molecule has 0 N–H and O–H groups in total. The van der Waals surface area contributed by atoms with Gasteiger partial charge in [-0.1, -0.05) is 19.7 Å². The first-order valence-corrected chi connectivity index (χ1v) is 8.64. The fourth-order valence-electron chi connectivity index (χ4n) is 1.10. The van der Waals surface area contributed by atoms with E-state index in [1.165, 1.54) is 18.8 Å². The highest BCUT2D eigenvalue weighted by atomic mass is 16.5. The summed E-state index contributed by atoms with van der Waals surface area (Å²) in [7, 11) is 1.63. The molecule has 0 aromatic heterocycles. The second-order valence-electron chi connectivity index (χ2n) is 4.11. The van der Waals surface area contributed by atoms with Crippen molar-refractivity contribution in [1.29, 1.82) is 0 Å². The largest absolute Gasteiger partial charge is 0.499 e. The molecule has 0 unspecified atom stereocenters. The molecule has 0 amide bonds. The minimum absolute atomic E-state index is 0.565. The molecule has 0 aliphatic carbocycles. The number of rotatable bonds is 17. The van der Waals surface area contributed by atoms with Crippen molar-refractivity contribution in [1.82, 2.24) is 0 Å². The van der Waals surface area contributed by atoms with E-state index in [2.05, 4.69) is 24.5 Å². The van der Waals surface area contributed by atoms with Gasteiger partial charge in [-0.15, -0.1) is 0 Å². The van der Waals surface area contributed by atoms with Crippen LogP contribution >= 0.6 is 0 Å². The number of methoxy groups -OCH3 is 1. The Morgan fingerprint density at radius 2 is 0.885 bits per heavy atom. The molecule has 0 saturated heterocycles. The van der Waals surface area contributed by atoms with Gasteiger partial charge in [-0.05, 0) is 13.8 Å². The van der Waals surface area contributed by atoms with E-state index in [1.807, 2.05) is 13.8 Å². The Hall–Kier alpha value is -1.54. The topological polar surface area (TPSA) is 64.6 Å². The SMILES string of the molecule is C=COCCOC.C=COCCOCC.C=COCCOCCOCC. The fraction of sp³-hybridized carbons (Fsp3) is 0.684. The average molecular weight is 379 g/mol. The van der Waals surface area contributed by atoms with Crippen molar-refractivity contribution in [2.24, 2.45) is 0 Å². The molecule has 0 aliphatic heterocycles. The molecule has 0 aliphatic rings. The molecule has 0 aromatic carbocycles. The quantitative estimate of drug-likeness (QED) is 0.284. The monoisotopic (exact) mass is 378 g/mol. The summed E-state index contributed by atoms with van der Waals surface area (Å²) >= 11 is 0. The zero-order valence-corrected chi connectivity index (χ0v) is 16.8. The molecule has 0 bridgehead atoms. The first kappa shape index (κ1) is 29.2. The van der Waals surface area contributed by atoms with Crippen molar-refractivity contribution in [2.75, 3.05) is 73.2 Å². The van der Waals surface area contributed by atoms with Crippen LogP contribution in [0.15, 0.2) is 38.5 Å². The Bertz CT molecular complexity index is 260. The Labute approximate surface area is 159 Å². The number of ether oxygens (including phenoxy) is 7. The molecule has 26 heavy (non-hydrogen) atoms. The second-order valence-corrected chi connectivity index (χ2v) is 4.11. The van der Waals surface area contributed by atoms with Gasteiger partial charge in [-0.25, -0.2) is 0 Å². The summed E-state index contributed by atoms with van der Waals surface area (Å²) in [4.78, 5) is 0. The maximum absolute atomic E-state index is 5.14. The van der Waals surface area contributed by atoms with Gasteiger partial charge >= 0.3 is 0 Å². The van der Waals surface area contributed by atoms with Gasteiger partial charge in [0, 0.05) is 20.3 Å². The van der Waals surface area contributed by atoms with E-state index in [0.717, 1.165) is 13.2 Å². The molecule has 0 spiro atoms. The molecule has 0 rings (SSSR count). The van der Waals surface area contributed by atoms with Crippen LogP contribution < -0.4 is 0 Å². The summed E-state index contributed by atoms with van der Waals surface area (Å²) in [5.74, 6) is 0. The lowest BCUT2D eigenvalue weighted by atomic mass is 10.7. The fourth-order valence-corrected chi connectivity index (χ4v) is 1.10. The molecule has 7 nitrogen and oxygen atoms in total. The second kappa shape index (κ2) is 34.7. The zero-order chi connectivity index (χ0) is 20.1. The highest BCUT2D eigenvalue weighted by Gasteiger charge is 1.86. The van der Waals surface area contributed by atoms with E-state index in [1.54, 1.807) is 7.11 Å². The minimum atomic E-state index is 0.565. The molecular weight excluding hydrogens is 340 g/mol. The van der Waals surface area contributed by atoms with Crippen LogP contribution in [-0.4, -0.2) is 73.2 Å². The minimum Gasteiger partial charge on any atom is -0.499 e. The van der Waals surface area contributed by atoms with Crippen molar-refractivity contribution in [3.63, 3.8) is 0 Å². The van der Waals surface area contributed by atoms with Crippen molar-refractivity contribution in [3.8, 4) is 0 Å². The average Bonchev–Trinajstić information content (AvgIpc) is 2.66. The molecule has 7 heteroatoms. The maximum Gasteiger partial charge on any atom is 0.111 e. The van der Waals surface area contributed by atoms with Gasteiger partial charge in [-0.2, -0.15) is 0 Å². The van der Waals surface area contributed by atoms with E-state index in [4.69, 9.17) is 28.4 Å². The third kappa shape index (κ3) is 43.3. The summed E-state index contributed by atoms with van der Waals surface area (Å²) in [6.07, 6.45) is 4.23.